The lowest BCUT2D eigenvalue weighted by Gasteiger charge is -2.22. The number of methoxy groups -OCH3 is 4. The van der Waals surface area contributed by atoms with Crippen LogP contribution in [0.25, 0.3) is 0 Å². The topological polar surface area (TPSA) is 64.6 Å². The van der Waals surface area contributed by atoms with Crippen LogP contribution < -0.4 is 0 Å². The van der Waals surface area contributed by atoms with Gasteiger partial charge in [-0.25, -0.2) is 0 Å². The molecular formula is C36H70O7. The largest absolute Gasteiger partial charge is 0.356 e. The van der Waals surface area contributed by atoms with Gasteiger partial charge in [-0.05, 0) is 76.4 Å². The lowest BCUT2D eigenvalue weighted by molar-refractivity contribution is -0.208. The lowest BCUT2D eigenvalue weighted by atomic mass is 10.1. The Labute approximate surface area is 266 Å². The molecule has 0 radical (unpaired) electrons. The van der Waals surface area contributed by atoms with Gasteiger partial charge in [0.25, 0.3) is 0 Å². The van der Waals surface area contributed by atoms with E-state index in [-0.39, 0.29) is 12.6 Å². The van der Waals surface area contributed by atoms with E-state index in [9.17, 15) is 0 Å². The average Bonchev–Trinajstić information content (AvgIpc) is 3.02. The number of hydrogen-bond acceptors (Lipinski definition) is 7. The van der Waals surface area contributed by atoms with Crippen molar-refractivity contribution in [3.05, 3.63) is 24.3 Å². The van der Waals surface area contributed by atoms with E-state index < -0.39 is 12.6 Å². The molecule has 2 unspecified atom stereocenters. The number of unbranched alkanes of at least 4 members (excludes halogenated alkanes) is 14. The van der Waals surface area contributed by atoms with Gasteiger partial charge in [0.15, 0.2) is 25.2 Å². The summed E-state index contributed by atoms with van der Waals surface area (Å²) >= 11 is 0. The van der Waals surface area contributed by atoms with E-state index in [1.54, 1.807) is 28.4 Å². The van der Waals surface area contributed by atoms with E-state index in [0.29, 0.717) is 13.2 Å². The minimum absolute atomic E-state index is 0.126. The van der Waals surface area contributed by atoms with Crippen molar-refractivity contribution < 1.29 is 33.2 Å². The maximum Gasteiger partial charge on any atom is 0.180 e. The summed E-state index contributed by atoms with van der Waals surface area (Å²) in [6.07, 6.45) is 30.1. The second-order valence-corrected chi connectivity index (χ2v) is 11.4. The molecule has 0 amide bonds. The smallest absolute Gasteiger partial charge is 0.180 e. The number of hydrogen-bond donors (Lipinski definition) is 0. The number of rotatable bonds is 34. The first-order valence-corrected chi connectivity index (χ1v) is 17.5. The first-order valence-electron chi connectivity index (χ1n) is 17.5. The summed E-state index contributed by atoms with van der Waals surface area (Å²) in [5, 5.41) is 0. The van der Waals surface area contributed by atoms with E-state index in [1.807, 2.05) is 0 Å². The molecule has 0 spiro atoms. The Bertz CT molecular complexity index is 540. The monoisotopic (exact) mass is 615 g/mol. The van der Waals surface area contributed by atoms with Gasteiger partial charge in [0.1, 0.15) is 0 Å². The van der Waals surface area contributed by atoms with Gasteiger partial charge < -0.3 is 33.2 Å². The van der Waals surface area contributed by atoms with Crippen LogP contribution in [0.5, 0.6) is 0 Å². The van der Waals surface area contributed by atoms with Gasteiger partial charge in [0.05, 0.1) is 13.2 Å². The molecule has 0 rings (SSSR count). The second-order valence-electron chi connectivity index (χ2n) is 11.4. The Hall–Kier alpha value is -0.800. The molecular weight excluding hydrogens is 544 g/mol. The van der Waals surface area contributed by atoms with Crippen molar-refractivity contribution in [1.82, 2.24) is 0 Å². The summed E-state index contributed by atoms with van der Waals surface area (Å²) < 4.78 is 40.1. The highest BCUT2D eigenvalue weighted by Crippen LogP contribution is 2.14. The Balaban J connectivity index is 5.01. The summed E-state index contributed by atoms with van der Waals surface area (Å²) in [6.45, 7) is 5.89. The van der Waals surface area contributed by atoms with Crippen LogP contribution in [0.2, 0.25) is 0 Å². The minimum atomic E-state index is -0.426. The highest BCUT2D eigenvalue weighted by Gasteiger charge is 2.14. The molecule has 256 valence electrons. The minimum Gasteiger partial charge on any atom is -0.356 e. The quantitative estimate of drug-likeness (QED) is 0.0406. The molecule has 0 aromatic rings. The van der Waals surface area contributed by atoms with Crippen LogP contribution in [0.15, 0.2) is 24.3 Å². The first kappa shape index (κ1) is 42.2. The molecule has 0 saturated carbocycles. The van der Waals surface area contributed by atoms with E-state index >= 15 is 0 Å². The maximum absolute atomic E-state index is 6.40. The van der Waals surface area contributed by atoms with E-state index in [0.717, 1.165) is 64.2 Å². The summed E-state index contributed by atoms with van der Waals surface area (Å²) in [5.74, 6) is 0. The average molecular weight is 615 g/mol. The van der Waals surface area contributed by atoms with Crippen molar-refractivity contribution in [2.75, 3.05) is 41.7 Å². The molecule has 0 heterocycles. The first-order chi connectivity index (χ1) is 21.1. The molecule has 0 aliphatic rings. The van der Waals surface area contributed by atoms with Gasteiger partial charge >= 0.3 is 0 Å². The molecule has 0 aliphatic heterocycles. The van der Waals surface area contributed by atoms with Gasteiger partial charge in [-0.1, -0.05) is 90.2 Å². The normalized spacial score (nSPS) is 13.8. The summed E-state index contributed by atoms with van der Waals surface area (Å²) in [7, 11) is 6.76. The fourth-order valence-electron chi connectivity index (χ4n) is 4.80. The highest BCUT2D eigenvalue weighted by molar-refractivity contribution is 4.89. The van der Waals surface area contributed by atoms with Crippen molar-refractivity contribution in [3.8, 4) is 0 Å². The molecule has 2 atom stereocenters. The van der Waals surface area contributed by atoms with Crippen molar-refractivity contribution in [1.29, 1.82) is 0 Å². The molecule has 0 aromatic heterocycles. The highest BCUT2D eigenvalue weighted by atomic mass is 16.8. The van der Waals surface area contributed by atoms with Crippen LogP contribution in [-0.2, 0) is 33.2 Å². The van der Waals surface area contributed by atoms with E-state index in [1.165, 1.54) is 64.2 Å². The Morgan fingerprint density at radius 3 is 1.19 bits per heavy atom. The Kier molecular flexibility index (Phi) is 33.4. The van der Waals surface area contributed by atoms with Crippen molar-refractivity contribution in [2.24, 2.45) is 0 Å². The van der Waals surface area contributed by atoms with Gasteiger partial charge in [-0.2, -0.15) is 0 Å². The Morgan fingerprint density at radius 1 is 0.442 bits per heavy atom. The molecule has 7 nitrogen and oxygen atoms in total. The second kappa shape index (κ2) is 34.1. The maximum atomic E-state index is 6.40. The van der Waals surface area contributed by atoms with Crippen LogP contribution in [0.4, 0.5) is 0 Å². The fraction of sp³-hybridized carbons (Fsp3) is 0.889. The molecule has 0 bridgehead atoms. The van der Waals surface area contributed by atoms with E-state index in [2.05, 4.69) is 38.2 Å². The van der Waals surface area contributed by atoms with Crippen LogP contribution in [-0.4, -0.2) is 66.8 Å². The predicted molar refractivity (Wildman–Crippen MR) is 178 cm³/mol. The van der Waals surface area contributed by atoms with Crippen molar-refractivity contribution in [2.45, 2.75) is 167 Å². The SMILES string of the molecule is CCCCCCCCOC(C=CCCCCC(OC)OC)OC(C=CCCCCC(OC)OC)OCCCCCCCC. The van der Waals surface area contributed by atoms with E-state index in [4.69, 9.17) is 33.2 Å². The molecule has 7 heteroatoms. The third-order valence-corrected chi connectivity index (χ3v) is 7.59. The van der Waals surface area contributed by atoms with Crippen LogP contribution in [0, 0.1) is 0 Å². The lowest BCUT2D eigenvalue weighted by Crippen LogP contribution is -2.25. The number of ether oxygens (including phenoxy) is 7. The Morgan fingerprint density at radius 2 is 0.814 bits per heavy atom. The zero-order chi connectivity index (χ0) is 31.6. The molecule has 0 aromatic carbocycles. The van der Waals surface area contributed by atoms with Gasteiger partial charge in [-0.3, -0.25) is 0 Å². The van der Waals surface area contributed by atoms with Crippen LogP contribution in [0.3, 0.4) is 0 Å². The van der Waals surface area contributed by atoms with Gasteiger partial charge in [0.2, 0.25) is 0 Å². The van der Waals surface area contributed by atoms with Crippen molar-refractivity contribution in [3.63, 3.8) is 0 Å². The summed E-state index contributed by atoms with van der Waals surface area (Å²) in [5.41, 5.74) is 0. The third-order valence-electron chi connectivity index (χ3n) is 7.59. The van der Waals surface area contributed by atoms with Gasteiger partial charge in [-0.15, -0.1) is 0 Å². The molecule has 0 fully saturated rings. The van der Waals surface area contributed by atoms with Crippen LogP contribution >= 0.6 is 0 Å². The predicted octanol–water partition coefficient (Wildman–Crippen LogP) is 9.88. The van der Waals surface area contributed by atoms with Gasteiger partial charge in [0, 0.05) is 28.4 Å². The molecule has 43 heavy (non-hydrogen) atoms. The number of allylic oxidation sites excluding steroid dienone is 2. The third kappa shape index (κ3) is 28.4. The molecule has 0 N–H and O–H groups in total. The van der Waals surface area contributed by atoms with Crippen molar-refractivity contribution >= 4 is 0 Å². The summed E-state index contributed by atoms with van der Waals surface area (Å²) in [6, 6.07) is 0. The van der Waals surface area contributed by atoms with Crippen LogP contribution in [0.1, 0.15) is 142 Å². The zero-order valence-corrected chi connectivity index (χ0v) is 29.0. The summed E-state index contributed by atoms with van der Waals surface area (Å²) in [4.78, 5) is 0. The molecule has 0 saturated heterocycles. The molecule has 0 aliphatic carbocycles. The zero-order valence-electron chi connectivity index (χ0n) is 29.0. The fourth-order valence-corrected chi connectivity index (χ4v) is 4.80. The standard InChI is InChI=1S/C36H70O7/c1-7-9-11-13-19-25-31-41-35(29-23-17-15-21-27-33(37-3)38-4)43-36(42-32-26-20-14-12-10-8-2)30-24-18-16-22-28-34(39-5)40-6/h23-24,29-30,33-36H,7-22,25-28,31-32H2,1-6H3.